The van der Waals surface area contributed by atoms with Crippen LogP contribution >= 0.6 is 0 Å². The molecule has 0 aliphatic rings. The summed E-state index contributed by atoms with van der Waals surface area (Å²) in [5, 5.41) is 10.2. The average Bonchev–Trinajstić information content (AvgIpc) is 2.25. The van der Waals surface area contributed by atoms with E-state index in [1.165, 1.54) is 0 Å². The van der Waals surface area contributed by atoms with Gasteiger partial charge in [0.1, 0.15) is 6.10 Å². The molecule has 0 radical (unpaired) electrons. The number of aliphatic hydroxyl groups is 1. The molecule has 1 aromatic heterocycles. The maximum absolute atomic E-state index is 10.0. The first-order valence-electron chi connectivity index (χ1n) is 5.96. The number of rotatable bonds is 4. The molecule has 4 heteroatoms. The van der Waals surface area contributed by atoms with Crippen LogP contribution in [0.2, 0.25) is 18.1 Å². The van der Waals surface area contributed by atoms with E-state index in [-0.39, 0.29) is 5.04 Å². The van der Waals surface area contributed by atoms with E-state index in [2.05, 4.69) is 38.8 Å². The molecular formula is C13H23NO2Si. The fourth-order valence-electron chi connectivity index (χ4n) is 1.17. The molecule has 1 aromatic rings. The monoisotopic (exact) mass is 253 g/mol. The largest absolute Gasteiger partial charge is 0.414 e. The lowest BCUT2D eigenvalue weighted by Gasteiger charge is -2.36. The van der Waals surface area contributed by atoms with Gasteiger partial charge in [-0.25, -0.2) is 0 Å². The number of nitrogens with zero attached hydrogens (tertiary/aromatic N) is 1. The molecule has 0 aromatic carbocycles. The van der Waals surface area contributed by atoms with Crippen LogP contribution in [-0.4, -0.2) is 25.0 Å². The Kier molecular flexibility index (Phi) is 4.46. The van der Waals surface area contributed by atoms with Crippen LogP contribution in [0.15, 0.2) is 24.5 Å². The van der Waals surface area contributed by atoms with E-state index in [9.17, 15) is 5.11 Å². The van der Waals surface area contributed by atoms with Gasteiger partial charge in [-0.05, 0) is 24.2 Å². The van der Waals surface area contributed by atoms with Crippen molar-refractivity contribution >= 4 is 8.32 Å². The van der Waals surface area contributed by atoms with Gasteiger partial charge in [0.2, 0.25) is 0 Å². The molecule has 0 saturated heterocycles. The van der Waals surface area contributed by atoms with E-state index in [4.69, 9.17) is 4.43 Å². The van der Waals surface area contributed by atoms with Gasteiger partial charge in [0.15, 0.2) is 8.32 Å². The molecule has 0 amide bonds. The highest BCUT2D eigenvalue weighted by molar-refractivity contribution is 6.74. The van der Waals surface area contributed by atoms with Gasteiger partial charge in [-0.15, -0.1) is 0 Å². The SMILES string of the molecule is CC(C)(C)[Si](C)(C)OCC(O)c1cccnc1. The van der Waals surface area contributed by atoms with E-state index >= 15 is 0 Å². The lowest BCUT2D eigenvalue weighted by molar-refractivity contribution is 0.100. The number of hydrogen-bond acceptors (Lipinski definition) is 3. The molecule has 0 aliphatic heterocycles. The molecule has 0 bridgehead atoms. The fraction of sp³-hybridized carbons (Fsp3) is 0.615. The van der Waals surface area contributed by atoms with E-state index < -0.39 is 14.4 Å². The third-order valence-corrected chi connectivity index (χ3v) is 7.98. The van der Waals surface area contributed by atoms with Gasteiger partial charge in [0.25, 0.3) is 0 Å². The number of aromatic nitrogens is 1. The predicted octanol–water partition coefficient (Wildman–Crippen LogP) is 3.14. The molecule has 0 saturated carbocycles. The highest BCUT2D eigenvalue weighted by Gasteiger charge is 2.37. The molecule has 0 aliphatic carbocycles. The summed E-state index contributed by atoms with van der Waals surface area (Å²) in [4.78, 5) is 3.99. The van der Waals surface area contributed by atoms with E-state index in [0.717, 1.165) is 5.56 Å². The minimum absolute atomic E-state index is 0.168. The summed E-state index contributed by atoms with van der Waals surface area (Å²) in [5.74, 6) is 0. The summed E-state index contributed by atoms with van der Waals surface area (Å²) in [6.07, 6.45) is 2.79. The third kappa shape index (κ3) is 3.91. The second-order valence-electron chi connectivity index (χ2n) is 5.87. The van der Waals surface area contributed by atoms with Crippen molar-refractivity contribution in [3.8, 4) is 0 Å². The molecule has 17 heavy (non-hydrogen) atoms. The van der Waals surface area contributed by atoms with Crippen molar-refractivity contribution in [2.45, 2.75) is 45.0 Å². The molecular weight excluding hydrogens is 230 g/mol. The maximum atomic E-state index is 10.0. The zero-order valence-corrected chi connectivity index (χ0v) is 12.4. The molecule has 0 fully saturated rings. The smallest absolute Gasteiger partial charge is 0.192 e. The second-order valence-corrected chi connectivity index (χ2v) is 10.7. The quantitative estimate of drug-likeness (QED) is 0.838. The number of pyridine rings is 1. The van der Waals surface area contributed by atoms with Gasteiger partial charge in [-0.2, -0.15) is 0 Å². The van der Waals surface area contributed by atoms with Crippen molar-refractivity contribution in [3.63, 3.8) is 0 Å². The van der Waals surface area contributed by atoms with Crippen molar-refractivity contribution in [2.75, 3.05) is 6.61 Å². The Bertz CT molecular complexity index is 346. The lowest BCUT2D eigenvalue weighted by Crippen LogP contribution is -2.41. The van der Waals surface area contributed by atoms with E-state index in [1.807, 2.05) is 12.1 Å². The van der Waals surface area contributed by atoms with Crippen molar-refractivity contribution in [3.05, 3.63) is 30.1 Å². The normalized spacial score (nSPS) is 14.7. The first kappa shape index (κ1) is 14.3. The molecule has 1 heterocycles. The van der Waals surface area contributed by atoms with Gasteiger partial charge >= 0.3 is 0 Å². The molecule has 1 rings (SSSR count). The minimum atomic E-state index is -1.78. The fourth-order valence-corrected chi connectivity index (χ4v) is 2.18. The van der Waals surface area contributed by atoms with Crippen LogP contribution in [-0.2, 0) is 4.43 Å². The molecule has 1 unspecified atom stereocenters. The van der Waals surface area contributed by atoms with Crippen molar-refractivity contribution in [1.82, 2.24) is 4.98 Å². The van der Waals surface area contributed by atoms with Crippen LogP contribution in [0, 0.1) is 0 Å². The van der Waals surface area contributed by atoms with Crippen LogP contribution in [0.1, 0.15) is 32.4 Å². The highest BCUT2D eigenvalue weighted by Crippen LogP contribution is 2.37. The molecule has 1 N–H and O–H groups in total. The topological polar surface area (TPSA) is 42.4 Å². The second kappa shape index (κ2) is 5.29. The van der Waals surface area contributed by atoms with Crippen LogP contribution in [0.5, 0.6) is 0 Å². The van der Waals surface area contributed by atoms with Crippen molar-refractivity contribution in [2.24, 2.45) is 0 Å². The first-order chi connectivity index (χ1) is 7.74. The van der Waals surface area contributed by atoms with Gasteiger partial charge < -0.3 is 9.53 Å². The third-order valence-electron chi connectivity index (χ3n) is 3.48. The van der Waals surface area contributed by atoms with Gasteiger partial charge in [-0.1, -0.05) is 26.8 Å². The standard InChI is InChI=1S/C13H23NO2Si/c1-13(2,3)17(4,5)16-10-12(15)11-7-6-8-14-9-11/h6-9,12,15H,10H2,1-5H3. The summed E-state index contributed by atoms with van der Waals surface area (Å²) in [6, 6.07) is 3.69. The molecule has 3 nitrogen and oxygen atoms in total. The van der Waals surface area contributed by atoms with Crippen LogP contribution in [0.4, 0.5) is 0 Å². The molecule has 0 spiro atoms. The van der Waals surface area contributed by atoms with Crippen LogP contribution in [0.3, 0.4) is 0 Å². The summed E-state index contributed by atoms with van der Waals surface area (Å²) in [7, 11) is -1.78. The van der Waals surface area contributed by atoms with Gasteiger partial charge in [-0.3, -0.25) is 4.98 Å². The van der Waals surface area contributed by atoms with Gasteiger partial charge in [0, 0.05) is 18.0 Å². The Morgan fingerprint density at radius 1 is 1.41 bits per heavy atom. The Morgan fingerprint density at radius 2 is 2.06 bits per heavy atom. The summed E-state index contributed by atoms with van der Waals surface area (Å²) in [5.41, 5.74) is 0.811. The first-order valence-corrected chi connectivity index (χ1v) is 8.87. The molecule has 96 valence electrons. The number of aliphatic hydroxyl groups excluding tert-OH is 1. The molecule has 1 atom stereocenters. The summed E-state index contributed by atoms with van der Waals surface area (Å²) in [6.45, 7) is 11.3. The van der Waals surface area contributed by atoms with E-state index in [0.29, 0.717) is 6.61 Å². The summed E-state index contributed by atoms with van der Waals surface area (Å²) >= 11 is 0. The Labute approximate surface area is 105 Å². The number of hydrogen-bond donors (Lipinski definition) is 1. The van der Waals surface area contributed by atoms with E-state index in [1.54, 1.807) is 12.4 Å². The van der Waals surface area contributed by atoms with Crippen molar-refractivity contribution < 1.29 is 9.53 Å². The Hall–Kier alpha value is -0.713. The van der Waals surface area contributed by atoms with Gasteiger partial charge in [0.05, 0.1) is 6.61 Å². The average molecular weight is 253 g/mol. The zero-order valence-electron chi connectivity index (χ0n) is 11.4. The Morgan fingerprint density at radius 3 is 2.53 bits per heavy atom. The summed E-state index contributed by atoms with van der Waals surface area (Å²) < 4.78 is 5.97. The highest BCUT2D eigenvalue weighted by atomic mass is 28.4. The van der Waals surface area contributed by atoms with Crippen molar-refractivity contribution in [1.29, 1.82) is 0 Å². The minimum Gasteiger partial charge on any atom is -0.414 e. The Balaban J connectivity index is 2.58. The zero-order chi connectivity index (χ0) is 13.1. The lowest BCUT2D eigenvalue weighted by atomic mass is 10.2. The maximum Gasteiger partial charge on any atom is 0.192 e. The predicted molar refractivity (Wildman–Crippen MR) is 72.3 cm³/mol. The van der Waals surface area contributed by atoms with Crippen LogP contribution in [0.25, 0.3) is 0 Å². The van der Waals surface area contributed by atoms with Crippen LogP contribution < -0.4 is 0 Å².